The highest BCUT2D eigenvalue weighted by Gasteiger charge is 2.35. The quantitative estimate of drug-likeness (QED) is 0.602. The predicted molar refractivity (Wildman–Crippen MR) is 121 cm³/mol. The summed E-state index contributed by atoms with van der Waals surface area (Å²) < 4.78 is 25.4. The number of carbonyl (C=O) groups excluding carboxylic acids is 1. The van der Waals surface area contributed by atoms with Crippen molar-refractivity contribution in [1.29, 1.82) is 0 Å². The number of sulfone groups is 1. The third kappa shape index (κ3) is 4.18. The van der Waals surface area contributed by atoms with Crippen LogP contribution in [0.3, 0.4) is 0 Å². The second kappa shape index (κ2) is 8.48. The van der Waals surface area contributed by atoms with E-state index in [4.69, 9.17) is 5.10 Å². The van der Waals surface area contributed by atoms with Crippen molar-refractivity contribution in [2.24, 2.45) is 0 Å². The van der Waals surface area contributed by atoms with Crippen LogP contribution in [0.5, 0.6) is 0 Å². The van der Waals surface area contributed by atoms with Crippen molar-refractivity contribution in [1.82, 2.24) is 24.6 Å². The molecule has 32 heavy (non-hydrogen) atoms. The third-order valence-corrected chi connectivity index (χ3v) is 7.98. The van der Waals surface area contributed by atoms with Gasteiger partial charge in [-0.15, -0.1) is 0 Å². The molecule has 9 heteroatoms. The van der Waals surface area contributed by atoms with E-state index in [1.165, 1.54) is 0 Å². The number of carbonyl (C=O) groups is 1. The second-order valence-corrected chi connectivity index (χ2v) is 10.5. The Labute approximate surface area is 187 Å². The summed E-state index contributed by atoms with van der Waals surface area (Å²) in [6, 6.07) is 13.5. The summed E-state index contributed by atoms with van der Waals surface area (Å²) in [7, 11) is -2.92. The Morgan fingerprint density at radius 3 is 2.44 bits per heavy atom. The monoisotopic (exact) mass is 451 g/mol. The number of aromatic nitrogens is 3. The van der Waals surface area contributed by atoms with Crippen LogP contribution in [-0.2, 0) is 9.84 Å². The van der Waals surface area contributed by atoms with Crippen LogP contribution in [0.2, 0.25) is 0 Å². The molecule has 0 saturated carbocycles. The molecule has 0 bridgehead atoms. The van der Waals surface area contributed by atoms with Gasteiger partial charge in [-0.25, -0.2) is 13.1 Å². The van der Waals surface area contributed by atoms with Crippen LogP contribution in [0.1, 0.15) is 16.8 Å². The lowest BCUT2D eigenvalue weighted by Gasteiger charge is -2.37. The number of pyridine rings is 1. The van der Waals surface area contributed by atoms with Gasteiger partial charge in [-0.2, -0.15) is 5.10 Å². The molecule has 2 aliphatic rings. The largest absolute Gasteiger partial charge is 0.336 e. The van der Waals surface area contributed by atoms with Gasteiger partial charge in [0.15, 0.2) is 9.84 Å². The Kier molecular flexibility index (Phi) is 5.52. The summed E-state index contributed by atoms with van der Waals surface area (Å²) in [6.07, 6.45) is 5.88. The molecule has 0 radical (unpaired) electrons. The average molecular weight is 452 g/mol. The Balaban J connectivity index is 1.38. The van der Waals surface area contributed by atoms with Gasteiger partial charge in [-0.05, 0) is 30.7 Å². The zero-order valence-electron chi connectivity index (χ0n) is 17.7. The lowest BCUT2D eigenvalue weighted by atomic mass is 10.1. The van der Waals surface area contributed by atoms with E-state index in [2.05, 4.69) is 9.88 Å². The third-order valence-electron chi connectivity index (χ3n) is 6.23. The van der Waals surface area contributed by atoms with Gasteiger partial charge in [0.2, 0.25) is 0 Å². The summed E-state index contributed by atoms with van der Waals surface area (Å²) >= 11 is 0. The lowest BCUT2D eigenvalue weighted by Crippen LogP contribution is -2.52. The van der Waals surface area contributed by atoms with E-state index in [1.54, 1.807) is 23.3 Å². The maximum atomic E-state index is 13.5. The van der Waals surface area contributed by atoms with Gasteiger partial charge in [0.05, 0.1) is 22.8 Å². The molecule has 2 fully saturated rings. The fraction of sp³-hybridized carbons (Fsp3) is 0.348. The fourth-order valence-electron chi connectivity index (χ4n) is 4.48. The first-order valence-electron chi connectivity index (χ1n) is 10.8. The standard InChI is InChI=1S/C23H25N5O3S/c29-23(27-12-10-26(11-13-27)20-8-14-32(30,31)17-20)21-16-28(19-6-2-1-3-7-19)25-22(21)18-5-4-9-24-15-18/h1-7,9,15-16,20H,8,10-14,17H2/t20-/m0/s1. The minimum absolute atomic E-state index is 0.0651. The molecular weight excluding hydrogens is 426 g/mol. The molecule has 1 atom stereocenters. The van der Waals surface area contributed by atoms with Crippen LogP contribution in [-0.4, -0.2) is 82.6 Å². The molecule has 2 aromatic heterocycles. The van der Waals surface area contributed by atoms with E-state index in [0.717, 1.165) is 11.3 Å². The average Bonchev–Trinajstić information content (AvgIpc) is 3.43. The molecule has 166 valence electrons. The van der Waals surface area contributed by atoms with Gasteiger partial charge in [-0.3, -0.25) is 14.7 Å². The summed E-state index contributed by atoms with van der Waals surface area (Å²) in [5, 5.41) is 4.71. The zero-order chi connectivity index (χ0) is 22.1. The molecule has 8 nitrogen and oxygen atoms in total. The summed E-state index contributed by atoms with van der Waals surface area (Å²) in [6.45, 7) is 2.50. The van der Waals surface area contributed by atoms with Gasteiger partial charge in [0.1, 0.15) is 5.69 Å². The van der Waals surface area contributed by atoms with E-state index < -0.39 is 9.84 Å². The SMILES string of the molecule is O=C(c1cn(-c2ccccc2)nc1-c1cccnc1)N1CCN([C@H]2CCS(=O)(=O)C2)CC1. The first-order valence-corrected chi connectivity index (χ1v) is 12.6. The molecule has 3 aromatic rings. The summed E-state index contributed by atoms with van der Waals surface area (Å²) in [5.41, 5.74) is 2.82. The lowest BCUT2D eigenvalue weighted by molar-refractivity contribution is 0.0588. The van der Waals surface area contributed by atoms with Crippen molar-refractivity contribution in [2.75, 3.05) is 37.7 Å². The molecule has 4 heterocycles. The molecule has 1 aromatic carbocycles. The maximum absolute atomic E-state index is 13.5. The number of nitrogens with zero attached hydrogens (tertiary/aromatic N) is 5. The number of amides is 1. The number of hydrogen-bond acceptors (Lipinski definition) is 6. The second-order valence-electron chi connectivity index (χ2n) is 8.30. The summed E-state index contributed by atoms with van der Waals surface area (Å²) in [5.74, 6) is 0.435. The molecule has 5 rings (SSSR count). The van der Waals surface area contributed by atoms with Crippen LogP contribution in [0, 0.1) is 0 Å². The number of para-hydroxylation sites is 1. The van der Waals surface area contributed by atoms with Gasteiger partial charge in [0.25, 0.3) is 5.91 Å². The van der Waals surface area contributed by atoms with E-state index in [0.29, 0.717) is 43.9 Å². The molecule has 2 saturated heterocycles. The van der Waals surface area contributed by atoms with E-state index in [9.17, 15) is 13.2 Å². The number of benzene rings is 1. The number of rotatable bonds is 4. The van der Waals surface area contributed by atoms with E-state index in [-0.39, 0.29) is 23.5 Å². The van der Waals surface area contributed by atoms with Crippen molar-refractivity contribution in [2.45, 2.75) is 12.5 Å². The molecule has 1 amide bonds. The molecule has 0 N–H and O–H groups in total. The Morgan fingerprint density at radius 1 is 1.00 bits per heavy atom. The topological polar surface area (TPSA) is 88.4 Å². The van der Waals surface area contributed by atoms with Crippen molar-refractivity contribution in [3.63, 3.8) is 0 Å². The van der Waals surface area contributed by atoms with Crippen LogP contribution >= 0.6 is 0 Å². The van der Waals surface area contributed by atoms with E-state index >= 15 is 0 Å². The Morgan fingerprint density at radius 2 is 1.78 bits per heavy atom. The normalized spacial score (nSPS) is 21.0. The van der Waals surface area contributed by atoms with Crippen molar-refractivity contribution in [3.05, 3.63) is 66.6 Å². The highest BCUT2D eigenvalue weighted by Crippen LogP contribution is 2.26. The fourth-order valence-corrected chi connectivity index (χ4v) is 6.24. The number of hydrogen-bond donors (Lipinski definition) is 0. The van der Waals surface area contributed by atoms with E-state index in [1.807, 2.05) is 47.4 Å². The molecule has 0 unspecified atom stereocenters. The molecule has 0 spiro atoms. The minimum atomic E-state index is -2.92. The van der Waals surface area contributed by atoms with Crippen LogP contribution in [0.15, 0.2) is 61.1 Å². The van der Waals surface area contributed by atoms with Crippen molar-refractivity contribution < 1.29 is 13.2 Å². The van der Waals surface area contributed by atoms with Gasteiger partial charge in [-0.1, -0.05) is 18.2 Å². The van der Waals surface area contributed by atoms with Gasteiger partial charge in [0, 0.05) is 56.4 Å². The zero-order valence-corrected chi connectivity index (χ0v) is 18.5. The minimum Gasteiger partial charge on any atom is -0.336 e. The molecule has 0 aliphatic carbocycles. The van der Waals surface area contributed by atoms with Gasteiger partial charge >= 0.3 is 0 Å². The van der Waals surface area contributed by atoms with Gasteiger partial charge < -0.3 is 4.90 Å². The number of piperazine rings is 1. The first kappa shape index (κ1) is 20.8. The van der Waals surface area contributed by atoms with Crippen LogP contribution in [0.4, 0.5) is 0 Å². The predicted octanol–water partition coefficient (Wildman–Crippen LogP) is 1.88. The van der Waals surface area contributed by atoms with Crippen LogP contribution < -0.4 is 0 Å². The highest BCUT2D eigenvalue weighted by atomic mass is 32.2. The van der Waals surface area contributed by atoms with Crippen molar-refractivity contribution in [3.8, 4) is 16.9 Å². The Bertz CT molecular complexity index is 1200. The first-order chi connectivity index (χ1) is 15.5. The van der Waals surface area contributed by atoms with Crippen molar-refractivity contribution >= 4 is 15.7 Å². The highest BCUT2D eigenvalue weighted by molar-refractivity contribution is 7.91. The smallest absolute Gasteiger partial charge is 0.257 e. The molecular formula is C23H25N5O3S. The van der Waals surface area contributed by atoms with Crippen LogP contribution in [0.25, 0.3) is 16.9 Å². The Hall–Kier alpha value is -3.04. The summed E-state index contributed by atoms with van der Waals surface area (Å²) in [4.78, 5) is 21.8. The molecule has 2 aliphatic heterocycles. The maximum Gasteiger partial charge on any atom is 0.257 e.